The molecule has 0 aromatic heterocycles. The maximum atomic E-state index is 10.3. The van der Waals surface area contributed by atoms with Crippen LogP contribution in [-0.2, 0) is 0 Å². The van der Waals surface area contributed by atoms with E-state index in [1.54, 1.807) is 6.07 Å². The number of carbonyl (C=O) groups is 1. The molecule has 0 unspecified atom stereocenters. The Hall–Kier alpha value is -1.13. The van der Waals surface area contributed by atoms with Crippen molar-refractivity contribution in [2.75, 3.05) is 0 Å². The van der Waals surface area contributed by atoms with E-state index in [9.17, 15) is 4.79 Å². The lowest BCUT2D eigenvalue weighted by atomic mass is 10.2. The summed E-state index contributed by atoms with van der Waals surface area (Å²) in [7, 11) is 0. The van der Waals surface area contributed by atoms with Crippen LogP contribution in [0.25, 0.3) is 0 Å². The number of aromatic hydroxyl groups is 2. The molecule has 7 heteroatoms. The summed E-state index contributed by atoms with van der Waals surface area (Å²) in [6, 6.07) is 6.93. The predicted molar refractivity (Wildman–Crippen MR) is 81.6 cm³/mol. The second-order valence-electron chi connectivity index (χ2n) is 3.57. The average Bonchev–Trinajstić information content (AvgIpc) is 2.26. The van der Waals surface area contributed by atoms with Crippen molar-refractivity contribution >= 4 is 52.7 Å². The van der Waals surface area contributed by atoms with Crippen LogP contribution in [0, 0.1) is 0 Å². The molecule has 0 bridgehead atoms. The Morgan fingerprint density at radius 3 is 1.50 bits per heavy atom. The number of aldehydes is 1. The normalized spacial score (nSPS) is 9.60. The van der Waals surface area contributed by atoms with E-state index in [1.807, 2.05) is 0 Å². The summed E-state index contributed by atoms with van der Waals surface area (Å²) in [6.45, 7) is 0. The number of halogens is 4. The van der Waals surface area contributed by atoms with Gasteiger partial charge in [0, 0.05) is 10.0 Å². The van der Waals surface area contributed by atoms with Crippen molar-refractivity contribution in [1.29, 1.82) is 0 Å². The highest BCUT2D eigenvalue weighted by molar-refractivity contribution is 6.38. The maximum absolute atomic E-state index is 10.3. The fraction of sp³-hybridized carbons (Fsp3) is 0. The number of benzene rings is 2. The molecule has 0 aliphatic heterocycles. The Labute approximate surface area is 135 Å². The van der Waals surface area contributed by atoms with Gasteiger partial charge in [-0.05, 0) is 30.3 Å². The summed E-state index contributed by atoms with van der Waals surface area (Å²) in [6.07, 6.45) is 0.546. The lowest BCUT2D eigenvalue weighted by Crippen LogP contribution is -1.83. The highest BCUT2D eigenvalue weighted by atomic mass is 35.5. The van der Waals surface area contributed by atoms with Gasteiger partial charge >= 0.3 is 0 Å². The summed E-state index contributed by atoms with van der Waals surface area (Å²) in [5.74, 6) is 0.0399. The van der Waals surface area contributed by atoms with Crippen LogP contribution >= 0.6 is 46.4 Å². The molecule has 2 rings (SSSR count). The molecule has 0 radical (unpaired) electrons. The molecule has 0 heterocycles. The van der Waals surface area contributed by atoms with Gasteiger partial charge in [0.2, 0.25) is 0 Å². The summed E-state index contributed by atoms with van der Waals surface area (Å²) in [5, 5.41) is 19.0. The number of carbonyl (C=O) groups excluding carboxylic acids is 1. The lowest BCUT2D eigenvalue weighted by Gasteiger charge is -1.99. The molecule has 0 fully saturated rings. The van der Waals surface area contributed by atoms with Crippen LogP contribution in [0.3, 0.4) is 0 Å². The first kappa shape index (κ1) is 16.9. The second-order valence-corrected chi connectivity index (χ2v) is 5.26. The number of phenols is 2. The van der Waals surface area contributed by atoms with Crippen LogP contribution in [0.2, 0.25) is 20.1 Å². The third-order valence-corrected chi connectivity index (χ3v) is 3.09. The highest BCUT2D eigenvalue weighted by Crippen LogP contribution is 2.27. The molecule has 20 heavy (non-hydrogen) atoms. The first-order valence-corrected chi connectivity index (χ1v) is 6.63. The van der Waals surface area contributed by atoms with Crippen LogP contribution in [0.1, 0.15) is 10.4 Å². The first-order chi connectivity index (χ1) is 9.33. The van der Waals surface area contributed by atoms with Gasteiger partial charge in [0.05, 0.1) is 15.6 Å². The molecule has 2 N–H and O–H groups in total. The van der Waals surface area contributed by atoms with Gasteiger partial charge < -0.3 is 10.2 Å². The zero-order chi connectivity index (χ0) is 15.3. The molecule has 0 aliphatic rings. The van der Waals surface area contributed by atoms with E-state index in [2.05, 4.69) is 0 Å². The zero-order valence-corrected chi connectivity index (χ0v) is 12.8. The molecular formula is C13H8Cl4O3. The Balaban J connectivity index is 0.000000204. The van der Waals surface area contributed by atoms with Crippen LogP contribution in [0.5, 0.6) is 11.5 Å². The zero-order valence-electron chi connectivity index (χ0n) is 9.78. The van der Waals surface area contributed by atoms with E-state index in [0.29, 0.717) is 16.3 Å². The highest BCUT2D eigenvalue weighted by Gasteiger charge is 2.05. The molecule has 0 saturated carbocycles. The van der Waals surface area contributed by atoms with Crippen LogP contribution in [-0.4, -0.2) is 16.5 Å². The lowest BCUT2D eigenvalue weighted by molar-refractivity contribution is 0.112. The van der Waals surface area contributed by atoms with Crippen molar-refractivity contribution in [3.05, 3.63) is 56.0 Å². The predicted octanol–water partition coefficient (Wildman–Crippen LogP) is 5.21. The summed E-state index contributed by atoms with van der Waals surface area (Å²) in [5.41, 5.74) is 0.200. The summed E-state index contributed by atoms with van der Waals surface area (Å²) in [4.78, 5) is 10.3. The van der Waals surface area contributed by atoms with Gasteiger partial charge in [0.25, 0.3) is 0 Å². The average molecular weight is 354 g/mol. The molecule has 0 aliphatic carbocycles. The number of rotatable bonds is 1. The van der Waals surface area contributed by atoms with E-state index in [0.717, 1.165) is 0 Å². The minimum absolute atomic E-state index is 0.0504. The van der Waals surface area contributed by atoms with Gasteiger partial charge in [-0.1, -0.05) is 46.4 Å². The molecule has 106 valence electrons. The molecule has 3 nitrogen and oxygen atoms in total. The fourth-order valence-corrected chi connectivity index (χ4v) is 2.30. The van der Waals surface area contributed by atoms with Crippen molar-refractivity contribution in [3.63, 3.8) is 0 Å². The maximum Gasteiger partial charge on any atom is 0.153 e. The monoisotopic (exact) mass is 352 g/mol. The van der Waals surface area contributed by atoms with Crippen molar-refractivity contribution in [2.24, 2.45) is 0 Å². The Kier molecular flexibility index (Phi) is 6.43. The standard InChI is InChI=1S/C7H4Cl2O2.C6H4Cl2O/c8-6-1-4(11)2-7(9)5(6)3-10;7-4-1-5(8)3-6(9)2-4/h1-3,11H;1-3,9H. The van der Waals surface area contributed by atoms with Gasteiger partial charge in [-0.2, -0.15) is 0 Å². The fourth-order valence-electron chi connectivity index (χ4n) is 1.22. The van der Waals surface area contributed by atoms with E-state index in [1.165, 1.54) is 24.3 Å². The molecule has 2 aromatic rings. The van der Waals surface area contributed by atoms with E-state index >= 15 is 0 Å². The van der Waals surface area contributed by atoms with Crippen molar-refractivity contribution in [1.82, 2.24) is 0 Å². The van der Waals surface area contributed by atoms with Gasteiger partial charge in [0.15, 0.2) is 6.29 Å². The Morgan fingerprint density at radius 2 is 1.15 bits per heavy atom. The molecule has 0 amide bonds. The third-order valence-electron chi connectivity index (χ3n) is 2.03. The van der Waals surface area contributed by atoms with Gasteiger partial charge in [-0.3, -0.25) is 4.79 Å². The minimum Gasteiger partial charge on any atom is -0.508 e. The smallest absolute Gasteiger partial charge is 0.153 e. The molecule has 0 atom stereocenters. The Bertz CT molecular complexity index is 556. The van der Waals surface area contributed by atoms with Gasteiger partial charge in [-0.25, -0.2) is 0 Å². The number of hydrogen-bond acceptors (Lipinski definition) is 3. The summed E-state index contributed by atoms with van der Waals surface area (Å²) < 4.78 is 0. The molecule has 0 spiro atoms. The van der Waals surface area contributed by atoms with Gasteiger partial charge in [-0.15, -0.1) is 0 Å². The van der Waals surface area contributed by atoms with Crippen molar-refractivity contribution < 1.29 is 15.0 Å². The van der Waals surface area contributed by atoms with Crippen molar-refractivity contribution in [2.45, 2.75) is 0 Å². The molecule has 0 saturated heterocycles. The molecule has 2 aromatic carbocycles. The van der Waals surface area contributed by atoms with Crippen LogP contribution in [0.4, 0.5) is 0 Å². The van der Waals surface area contributed by atoms with Crippen LogP contribution < -0.4 is 0 Å². The topological polar surface area (TPSA) is 57.5 Å². The SMILES string of the molecule is O=Cc1c(Cl)cc(O)cc1Cl.Oc1cc(Cl)cc(Cl)c1. The quantitative estimate of drug-likeness (QED) is 0.692. The third kappa shape index (κ3) is 5.10. The van der Waals surface area contributed by atoms with E-state index < -0.39 is 0 Å². The Morgan fingerprint density at radius 1 is 0.750 bits per heavy atom. The van der Waals surface area contributed by atoms with Crippen LogP contribution in [0.15, 0.2) is 30.3 Å². The molecular weight excluding hydrogens is 346 g/mol. The summed E-state index contributed by atoms with van der Waals surface area (Å²) >= 11 is 22.1. The number of hydrogen-bond donors (Lipinski definition) is 2. The minimum atomic E-state index is -0.0504. The largest absolute Gasteiger partial charge is 0.508 e. The van der Waals surface area contributed by atoms with Gasteiger partial charge in [0.1, 0.15) is 11.5 Å². The van der Waals surface area contributed by atoms with E-state index in [-0.39, 0.29) is 27.1 Å². The second kappa shape index (κ2) is 7.60. The van der Waals surface area contributed by atoms with E-state index in [4.69, 9.17) is 56.6 Å². The number of phenolic OH excluding ortho intramolecular Hbond substituents is 2. The first-order valence-electron chi connectivity index (χ1n) is 5.11. The van der Waals surface area contributed by atoms with Crippen molar-refractivity contribution in [3.8, 4) is 11.5 Å².